The first-order chi connectivity index (χ1) is 17.2. The fraction of sp³-hybridized carbons (Fsp3) is 0.172. The number of H-pyrrole nitrogens is 1. The SMILES string of the molecule is O=c1cc(N2CCOCC2)cc(-c2cccc3c2Oc2ccc(C=Cc4cccnc4)cc2C3)[nH]1. The third kappa shape index (κ3) is 4.48. The van der Waals surface area contributed by atoms with Crippen LogP contribution in [0.25, 0.3) is 23.4 Å². The molecule has 4 heterocycles. The van der Waals surface area contributed by atoms with E-state index in [-0.39, 0.29) is 5.56 Å². The van der Waals surface area contributed by atoms with Crippen LogP contribution in [0.2, 0.25) is 0 Å². The Kier molecular flexibility index (Phi) is 5.64. The van der Waals surface area contributed by atoms with Gasteiger partial charge in [-0.25, -0.2) is 0 Å². The average molecular weight is 464 g/mol. The van der Waals surface area contributed by atoms with E-state index >= 15 is 0 Å². The Morgan fingerprint density at radius 1 is 0.914 bits per heavy atom. The number of hydrogen-bond acceptors (Lipinski definition) is 5. The number of morpholine rings is 1. The molecule has 0 amide bonds. The van der Waals surface area contributed by atoms with Gasteiger partial charge in [-0.15, -0.1) is 0 Å². The van der Waals surface area contributed by atoms with Crippen molar-refractivity contribution < 1.29 is 9.47 Å². The molecule has 1 N–H and O–H groups in total. The zero-order valence-electron chi connectivity index (χ0n) is 19.2. The molecule has 6 nitrogen and oxygen atoms in total. The van der Waals surface area contributed by atoms with Gasteiger partial charge < -0.3 is 19.4 Å². The molecule has 2 aromatic heterocycles. The topological polar surface area (TPSA) is 67.5 Å². The number of rotatable bonds is 4. The molecule has 0 atom stereocenters. The average Bonchev–Trinajstić information content (AvgIpc) is 2.91. The summed E-state index contributed by atoms with van der Waals surface area (Å²) in [6.07, 6.45) is 8.52. The van der Waals surface area contributed by atoms with Crippen LogP contribution in [0, 0.1) is 0 Å². The van der Waals surface area contributed by atoms with Gasteiger partial charge in [0.25, 0.3) is 0 Å². The Morgan fingerprint density at radius 2 is 1.80 bits per heavy atom. The zero-order chi connectivity index (χ0) is 23.6. The molecule has 2 aliphatic heterocycles. The van der Waals surface area contributed by atoms with Crippen LogP contribution >= 0.6 is 0 Å². The number of benzene rings is 2. The Hall–Kier alpha value is -4.16. The molecule has 4 aromatic rings. The summed E-state index contributed by atoms with van der Waals surface area (Å²) in [4.78, 5) is 21.9. The van der Waals surface area contributed by atoms with Gasteiger partial charge in [-0.05, 0) is 52.6 Å². The van der Waals surface area contributed by atoms with Crippen LogP contribution in [0.4, 0.5) is 5.69 Å². The molecule has 0 aliphatic carbocycles. The van der Waals surface area contributed by atoms with Crippen molar-refractivity contribution in [2.75, 3.05) is 31.2 Å². The minimum Gasteiger partial charge on any atom is -0.456 e. The van der Waals surface area contributed by atoms with Crippen LogP contribution in [-0.4, -0.2) is 36.3 Å². The van der Waals surface area contributed by atoms with Gasteiger partial charge in [0.05, 0.1) is 18.9 Å². The Bertz CT molecular complexity index is 1450. The summed E-state index contributed by atoms with van der Waals surface area (Å²) in [5, 5.41) is 0. The van der Waals surface area contributed by atoms with E-state index in [9.17, 15) is 4.79 Å². The molecule has 6 heteroatoms. The highest BCUT2D eigenvalue weighted by atomic mass is 16.5. The lowest BCUT2D eigenvalue weighted by atomic mass is 9.95. The standard InChI is InChI=1S/C29H25N3O3/c33-28-18-24(32-11-13-34-14-12-32)17-26(31-28)25-5-1-4-22-16-23-15-20(8-9-27(23)35-29(22)25)6-7-21-3-2-10-30-19-21/h1-10,15,17-19H,11-14,16H2,(H,31,33). The summed E-state index contributed by atoms with van der Waals surface area (Å²) < 4.78 is 11.9. The first kappa shape index (κ1) is 21.4. The van der Waals surface area contributed by atoms with Gasteiger partial charge in [-0.2, -0.15) is 0 Å². The monoisotopic (exact) mass is 463 g/mol. The van der Waals surface area contributed by atoms with Crippen molar-refractivity contribution in [1.82, 2.24) is 9.97 Å². The predicted molar refractivity (Wildman–Crippen MR) is 138 cm³/mol. The van der Waals surface area contributed by atoms with E-state index in [1.54, 1.807) is 12.3 Å². The second-order valence-electron chi connectivity index (χ2n) is 8.78. The molecule has 0 bridgehead atoms. The summed E-state index contributed by atoms with van der Waals surface area (Å²) in [6, 6.07) is 20.0. The fourth-order valence-electron chi connectivity index (χ4n) is 4.66. The number of fused-ring (bicyclic) bond motifs is 2. The summed E-state index contributed by atoms with van der Waals surface area (Å²) in [7, 11) is 0. The number of pyridine rings is 2. The maximum absolute atomic E-state index is 12.5. The van der Waals surface area contributed by atoms with Gasteiger partial charge >= 0.3 is 0 Å². The smallest absolute Gasteiger partial charge is 0.250 e. The highest BCUT2D eigenvalue weighted by Crippen LogP contribution is 2.42. The molecule has 0 unspecified atom stereocenters. The normalized spacial score (nSPS) is 14.9. The molecule has 0 radical (unpaired) electrons. The third-order valence-corrected chi connectivity index (χ3v) is 6.42. The van der Waals surface area contributed by atoms with Crippen molar-refractivity contribution in [3.05, 3.63) is 106 Å². The lowest BCUT2D eigenvalue weighted by Crippen LogP contribution is -2.36. The lowest BCUT2D eigenvalue weighted by Gasteiger charge is -2.29. The number of para-hydroxylation sites is 1. The second kappa shape index (κ2) is 9.24. The van der Waals surface area contributed by atoms with Crippen molar-refractivity contribution in [2.24, 2.45) is 0 Å². The summed E-state index contributed by atoms with van der Waals surface area (Å²) in [6.45, 7) is 2.89. The molecule has 6 rings (SSSR count). The number of ether oxygens (including phenoxy) is 2. The molecule has 0 spiro atoms. The van der Waals surface area contributed by atoms with Crippen molar-refractivity contribution in [3.63, 3.8) is 0 Å². The maximum Gasteiger partial charge on any atom is 0.250 e. The van der Waals surface area contributed by atoms with Crippen molar-refractivity contribution >= 4 is 17.8 Å². The summed E-state index contributed by atoms with van der Waals surface area (Å²) in [5.41, 5.74) is 6.84. The lowest BCUT2D eigenvalue weighted by molar-refractivity contribution is 0.122. The fourth-order valence-corrected chi connectivity index (χ4v) is 4.66. The number of nitrogens with one attached hydrogen (secondary N) is 1. The number of hydrogen-bond donors (Lipinski definition) is 1. The van der Waals surface area contributed by atoms with Gasteiger partial charge in [0.1, 0.15) is 11.5 Å². The molecule has 2 aliphatic rings. The van der Waals surface area contributed by atoms with Crippen molar-refractivity contribution in [1.29, 1.82) is 0 Å². The van der Waals surface area contributed by atoms with Crippen LogP contribution in [0.15, 0.2) is 77.9 Å². The van der Waals surface area contributed by atoms with Gasteiger partial charge in [0, 0.05) is 49.2 Å². The molecule has 0 saturated carbocycles. The molecule has 1 saturated heterocycles. The van der Waals surface area contributed by atoms with Crippen LogP contribution < -0.4 is 15.2 Å². The zero-order valence-corrected chi connectivity index (χ0v) is 19.2. The summed E-state index contributed by atoms with van der Waals surface area (Å²) in [5.74, 6) is 1.64. The minimum atomic E-state index is -0.122. The van der Waals surface area contributed by atoms with Crippen LogP contribution in [0.3, 0.4) is 0 Å². The first-order valence-corrected chi connectivity index (χ1v) is 11.8. The Labute approximate surface area is 203 Å². The van der Waals surface area contributed by atoms with E-state index < -0.39 is 0 Å². The highest BCUT2D eigenvalue weighted by molar-refractivity contribution is 5.75. The van der Waals surface area contributed by atoms with Gasteiger partial charge in [-0.3, -0.25) is 9.78 Å². The largest absolute Gasteiger partial charge is 0.456 e. The van der Waals surface area contributed by atoms with E-state index in [4.69, 9.17) is 9.47 Å². The number of aromatic amines is 1. The van der Waals surface area contributed by atoms with Crippen LogP contribution in [0.1, 0.15) is 22.3 Å². The first-order valence-electron chi connectivity index (χ1n) is 11.8. The number of anilines is 1. The van der Waals surface area contributed by atoms with E-state index in [0.29, 0.717) is 13.2 Å². The van der Waals surface area contributed by atoms with Crippen LogP contribution in [-0.2, 0) is 11.2 Å². The van der Waals surface area contributed by atoms with Crippen molar-refractivity contribution in [2.45, 2.75) is 6.42 Å². The molecule has 1 fully saturated rings. The van der Waals surface area contributed by atoms with E-state index in [1.165, 1.54) is 0 Å². The summed E-state index contributed by atoms with van der Waals surface area (Å²) >= 11 is 0. The quantitative estimate of drug-likeness (QED) is 0.400. The van der Waals surface area contributed by atoms with Gasteiger partial charge in [-0.1, -0.05) is 36.4 Å². The third-order valence-electron chi connectivity index (χ3n) is 6.42. The molecule has 2 aromatic carbocycles. The van der Waals surface area contributed by atoms with Crippen molar-refractivity contribution in [3.8, 4) is 22.8 Å². The van der Waals surface area contributed by atoms with Gasteiger partial charge in [0.15, 0.2) is 0 Å². The number of nitrogens with zero attached hydrogens (tertiary/aromatic N) is 2. The Balaban J connectivity index is 1.31. The molecule has 35 heavy (non-hydrogen) atoms. The highest BCUT2D eigenvalue weighted by Gasteiger charge is 2.22. The van der Waals surface area contributed by atoms with E-state index in [0.717, 1.165) is 70.2 Å². The second-order valence-corrected chi connectivity index (χ2v) is 8.78. The molecular formula is C29H25N3O3. The van der Waals surface area contributed by atoms with E-state index in [2.05, 4.69) is 45.2 Å². The predicted octanol–water partition coefficient (Wildman–Crippen LogP) is 5.14. The minimum absolute atomic E-state index is 0.122. The van der Waals surface area contributed by atoms with Crippen LogP contribution in [0.5, 0.6) is 11.5 Å². The van der Waals surface area contributed by atoms with E-state index in [1.807, 2.05) is 42.6 Å². The molecule has 174 valence electrons. The van der Waals surface area contributed by atoms with Gasteiger partial charge in [0.2, 0.25) is 5.56 Å². The molecular weight excluding hydrogens is 438 g/mol. The number of aromatic nitrogens is 2. The maximum atomic E-state index is 12.5. The Morgan fingerprint density at radius 3 is 2.66 bits per heavy atom.